The third-order valence-corrected chi connectivity index (χ3v) is 2.03. The van der Waals surface area contributed by atoms with Crippen molar-refractivity contribution >= 4 is 16.8 Å². The Morgan fingerprint density at radius 3 is 2.33 bits per heavy atom. The second-order valence-electron chi connectivity index (χ2n) is 2.28. The molecule has 12 heavy (non-hydrogen) atoms. The summed E-state index contributed by atoms with van der Waals surface area (Å²) < 4.78 is 0. The Kier molecular flexibility index (Phi) is 3.28. The lowest BCUT2D eigenvalue weighted by Gasteiger charge is -2.05. The Bertz CT molecular complexity index is 258. The summed E-state index contributed by atoms with van der Waals surface area (Å²) in [6, 6.07) is 9.39. The molecule has 0 saturated carbocycles. The summed E-state index contributed by atoms with van der Waals surface area (Å²) >= 11 is 1.15. The smallest absolute Gasteiger partial charge is 0.107 e. The molecule has 0 radical (unpaired) electrons. The van der Waals surface area contributed by atoms with Crippen LogP contribution in [0.5, 0.6) is 0 Å². The van der Waals surface area contributed by atoms with Gasteiger partial charge in [0.2, 0.25) is 0 Å². The second-order valence-corrected chi connectivity index (χ2v) is 3.47. The van der Waals surface area contributed by atoms with Gasteiger partial charge in [-0.2, -0.15) is 0 Å². The minimum atomic E-state index is -0.516. The lowest BCUT2D eigenvalue weighted by Crippen LogP contribution is -2.27. The molecule has 0 amide bonds. The van der Waals surface area contributed by atoms with E-state index in [0.717, 1.165) is 17.3 Å². The third-order valence-electron chi connectivity index (χ3n) is 1.29. The van der Waals surface area contributed by atoms with Crippen LogP contribution in [0.1, 0.15) is 5.56 Å². The van der Waals surface area contributed by atoms with E-state index in [0.29, 0.717) is 5.04 Å². The Labute approximate surface area is 75.6 Å². The fraction of sp³-hybridized carbons (Fsp3) is 0.125. The molecule has 0 aliphatic rings. The highest BCUT2D eigenvalue weighted by atomic mass is 32.2. The molecule has 0 aromatic heterocycles. The van der Waals surface area contributed by atoms with Crippen molar-refractivity contribution in [3.05, 3.63) is 35.9 Å². The van der Waals surface area contributed by atoms with Gasteiger partial charge >= 0.3 is 0 Å². The van der Waals surface area contributed by atoms with Crippen molar-refractivity contribution in [2.75, 3.05) is 0 Å². The highest BCUT2D eigenvalue weighted by molar-refractivity contribution is 8.14. The van der Waals surface area contributed by atoms with Gasteiger partial charge in [-0.05, 0) is 0 Å². The SMILES string of the molecule is N=C(SC(N)N)c1ccccc1. The Hall–Kier alpha value is -0.840. The minimum absolute atomic E-state index is 0.408. The minimum Gasteiger partial charge on any atom is -0.307 e. The van der Waals surface area contributed by atoms with Gasteiger partial charge in [0.15, 0.2) is 0 Å². The Morgan fingerprint density at radius 2 is 1.83 bits per heavy atom. The number of rotatable bonds is 2. The Morgan fingerprint density at radius 1 is 1.25 bits per heavy atom. The van der Waals surface area contributed by atoms with Gasteiger partial charge in [0.05, 0.1) is 5.04 Å². The molecule has 1 aromatic rings. The number of thioether (sulfide) groups is 1. The zero-order chi connectivity index (χ0) is 8.97. The molecule has 5 N–H and O–H groups in total. The van der Waals surface area contributed by atoms with Crippen LogP contribution in [0.4, 0.5) is 0 Å². The fourth-order valence-electron chi connectivity index (χ4n) is 0.794. The number of hydrogen-bond acceptors (Lipinski definition) is 4. The maximum Gasteiger partial charge on any atom is 0.107 e. The van der Waals surface area contributed by atoms with Crippen LogP contribution in [0, 0.1) is 5.41 Å². The highest BCUT2D eigenvalue weighted by Gasteiger charge is 2.03. The predicted molar refractivity (Wildman–Crippen MR) is 53.0 cm³/mol. The van der Waals surface area contributed by atoms with Gasteiger partial charge < -0.3 is 11.5 Å². The average Bonchev–Trinajstić information content (AvgIpc) is 2.05. The van der Waals surface area contributed by atoms with Crippen LogP contribution in [0.3, 0.4) is 0 Å². The molecule has 0 atom stereocenters. The summed E-state index contributed by atoms with van der Waals surface area (Å²) in [7, 11) is 0. The molecule has 0 fully saturated rings. The van der Waals surface area contributed by atoms with Gasteiger partial charge in [0.1, 0.15) is 5.50 Å². The molecular weight excluding hydrogens is 170 g/mol. The van der Waals surface area contributed by atoms with E-state index in [1.165, 1.54) is 0 Å². The molecule has 0 unspecified atom stereocenters. The van der Waals surface area contributed by atoms with Crippen LogP contribution < -0.4 is 11.5 Å². The maximum absolute atomic E-state index is 7.56. The summed E-state index contributed by atoms with van der Waals surface area (Å²) in [5, 5.41) is 7.97. The summed E-state index contributed by atoms with van der Waals surface area (Å²) in [5.41, 5.74) is 11.0. The molecule has 0 spiro atoms. The average molecular weight is 181 g/mol. The van der Waals surface area contributed by atoms with E-state index in [9.17, 15) is 0 Å². The second kappa shape index (κ2) is 4.25. The maximum atomic E-state index is 7.56. The Balaban J connectivity index is 2.66. The summed E-state index contributed by atoms with van der Waals surface area (Å²) in [4.78, 5) is 0. The van der Waals surface area contributed by atoms with E-state index in [1.54, 1.807) is 0 Å². The fourth-order valence-corrected chi connectivity index (χ4v) is 1.34. The van der Waals surface area contributed by atoms with E-state index < -0.39 is 5.50 Å². The first-order chi connectivity index (χ1) is 5.70. The number of nitrogens with two attached hydrogens (primary N) is 2. The predicted octanol–water partition coefficient (Wildman–Crippen LogP) is 0.946. The van der Waals surface area contributed by atoms with E-state index in [2.05, 4.69) is 0 Å². The van der Waals surface area contributed by atoms with Gasteiger partial charge in [-0.3, -0.25) is 5.41 Å². The molecule has 0 bridgehead atoms. The van der Waals surface area contributed by atoms with Gasteiger partial charge in [-0.15, -0.1) is 0 Å². The first kappa shape index (κ1) is 9.25. The van der Waals surface area contributed by atoms with E-state index >= 15 is 0 Å². The topological polar surface area (TPSA) is 75.9 Å². The van der Waals surface area contributed by atoms with Crippen molar-refractivity contribution < 1.29 is 0 Å². The zero-order valence-corrected chi connectivity index (χ0v) is 7.34. The molecule has 3 nitrogen and oxygen atoms in total. The van der Waals surface area contributed by atoms with Crippen LogP contribution in [-0.4, -0.2) is 10.5 Å². The van der Waals surface area contributed by atoms with Crippen molar-refractivity contribution in [2.24, 2.45) is 11.5 Å². The molecular formula is C8H11N3S. The molecule has 0 aliphatic heterocycles. The first-order valence-corrected chi connectivity index (χ1v) is 4.40. The number of nitrogens with one attached hydrogen (secondary N) is 1. The lowest BCUT2D eigenvalue weighted by atomic mass is 10.2. The molecule has 1 rings (SSSR count). The van der Waals surface area contributed by atoms with E-state index in [-0.39, 0.29) is 0 Å². The van der Waals surface area contributed by atoms with Gasteiger partial charge in [-0.25, -0.2) is 0 Å². The van der Waals surface area contributed by atoms with E-state index in [1.807, 2.05) is 30.3 Å². The first-order valence-electron chi connectivity index (χ1n) is 3.52. The summed E-state index contributed by atoms with van der Waals surface area (Å²) in [6.07, 6.45) is 0. The number of benzene rings is 1. The van der Waals surface area contributed by atoms with Crippen molar-refractivity contribution in [2.45, 2.75) is 5.50 Å². The van der Waals surface area contributed by atoms with Crippen LogP contribution in [0.25, 0.3) is 0 Å². The van der Waals surface area contributed by atoms with Crippen molar-refractivity contribution in [3.8, 4) is 0 Å². The van der Waals surface area contributed by atoms with Crippen LogP contribution in [0.15, 0.2) is 30.3 Å². The monoisotopic (exact) mass is 181 g/mol. The van der Waals surface area contributed by atoms with E-state index in [4.69, 9.17) is 16.9 Å². The van der Waals surface area contributed by atoms with Crippen LogP contribution in [0.2, 0.25) is 0 Å². The van der Waals surface area contributed by atoms with Gasteiger partial charge in [0, 0.05) is 5.56 Å². The van der Waals surface area contributed by atoms with Crippen molar-refractivity contribution in [3.63, 3.8) is 0 Å². The van der Waals surface area contributed by atoms with Crippen molar-refractivity contribution in [1.82, 2.24) is 0 Å². The normalized spacial score (nSPS) is 10.2. The third kappa shape index (κ3) is 2.65. The number of hydrogen-bond donors (Lipinski definition) is 3. The van der Waals surface area contributed by atoms with Crippen molar-refractivity contribution in [1.29, 1.82) is 5.41 Å². The standard InChI is InChI=1S/C8H11N3S/c9-7(12-8(10)11)6-4-2-1-3-5-6/h1-5,8-9H,10-11H2. The molecule has 0 aliphatic carbocycles. The lowest BCUT2D eigenvalue weighted by molar-refractivity contribution is 0.995. The highest BCUT2D eigenvalue weighted by Crippen LogP contribution is 2.11. The van der Waals surface area contributed by atoms with Crippen LogP contribution in [-0.2, 0) is 0 Å². The summed E-state index contributed by atoms with van der Waals surface area (Å²) in [6.45, 7) is 0. The molecule has 1 aromatic carbocycles. The zero-order valence-electron chi connectivity index (χ0n) is 6.53. The molecule has 4 heteroatoms. The van der Waals surface area contributed by atoms with Gasteiger partial charge in [-0.1, -0.05) is 42.1 Å². The molecule has 0 heterocycles. The molecule has 64 valence electrons. The largest absolute Gasteiger partial charge is 0.307 e. The van der Waals surface area contributed by atoms with Gasteiger partial charge in [0.25, 0.3) is 0 Å². The van der Waals surface area contributed by atoms with Crippen LogP contribution >= 0.6 is 11.8 Å². The molecule has 0 saturated heterocycles. The summed E-state index contributed by atoms with van der Waals surface area (Å²) in [5.74, 6) is 0. The quantitative estimate of drug-likeness (QED) is 0.361.